The lowest BCUT2D eigenvalue weighted by Gasteiger charge is -2.07. The third-order valence-electron chi connectivity index (χ3n) is 4.36. The molecule has 0 atom stereocenters. The molecular formula is C18H18N2O5S. The van der Waals surface area contributed by atoms with Crippen LogP contribution in [0.25, 0.3) is 0 Å². The normalized spacial score (nSPS) is 13.4. The number of nitrogens with zero attached hydrogens (tertiary/aromatic N) is 1. The standard InChI is InChI=1S/C18H18N2O5S/c1-25-18(22)15-13-8-3-2-4-9-14(13)26-17(15)19-16(21)11-6-5-7-12(10-11)20(23)24/h5-7,10H,2-4,8-9H2,1H3,(H,19,21). The van der Waals surface area contributed by atoms with Crippen LogP contribution in [-0.2, 0) is 17.6 Å². The molecule has 2 aromatic rings. The Morgan fingerprint density at radius 3 is 2.73 bits per heavy atom. The molecule has 8 heteroatoms. The van der Waals surface area contributed by atoms with Gasteiger partial charge in [-0.25, -0.2) is 4.79 Å². The van der Waals surface area contributed by atoms with Gasteiger partial charge in [-0.2, -0.15) is 0 Å². The number of nitro groups is 1. The summed E-state index contributed by atoms with van der Waals surface area (Å²) in [5.74, 6) is -0.964. The lowest BCUT2D eigenvalue weighted by Crippen LogP contribution is -2.14. The fourth-order valence-electron chi connectivity index (χ4n) is 3.08. The number of hydrogen-bond donors (Lipinski definition) is 1. The molecule has 1 aromatic carbocycles. The van der Waals surface area contributed by atoms with E-state index in [0.29, 0.717) is 10.6 Å². The molecule has 0 fully saturated rings. The molecule has 1 aromatic heterocycles. The Morgan fingerprint density at radius 2 is 2.00 bits per heavy atom. The Balaban J connectivity index is 1.94. The van der Waals surface area contributed by atoms with Crippen molar-refractivity contribution >= 4 is 33.9 Å². The predicted molar refractivity (Wildman–Crippen MR) is 98.0 cm³/mol. The van der Waals surface area contributed by atoms with E-state index >= 15 is 0 Å². The van der Waals surface area contributed by atoms with Gasteiger partial charge >= 0.3 is 5.97 Å². The maximum atomic E-state index is 12.6. The molecule has 0 unspecified atom stereocenters. The second-order valence-electron chi connectivity index (χ2n) is 6.02. The molecule has 0 saturated carbocycles. The largest absolute Gasteiger partial charge is 0.465 e. The molecule has 0 radical (unpaired) electrons. The van der Waals surface area contributed by atoms with Gasteiger partial charge in [0.2, 0.25) is 0 Å². The molecule has 26 heavy (non-hydrogen) atoms. The number of amides is 1. The highest BCUT2D eigenvalue weighted by atomic mass is 32.1. The molecule has 3 rings (SSSR count). The Bertz CT molecular complexity index is 874. The maximum absolute atomic E-state index is 12.6. The summed E-state index contributed by atoms with van der Waals surface area (Å²) in [5.41, 5.74) is 1.37. The summed E-state index contributed by atoms with van der Waals surface area (Å²) >= 11 is 1.39. The van der Waals surface area contributed by atoms with Crippen LogP contribution in [0.3, 0.4) is 0 Å². The lowest BCUT2D eigenvalue weighted by molar-refractivity contribution is -0.384. The summed E-state index contributed by atoms with van der Waals surface area (Å²) in [7, 11) is 1.31. The topological polar surface area (TPSA) is 98.5 Å². The molecule has 1 N–H and O–H groups in total. The van der Waals surface area contributed by atoms with Crippen LogP contribution in [0.1, 0.15) is 50.4 Å². The molecule has 7 nitrogen and oxygen atoms in total. The lowest BCUT2D eigenvalue weighted by atomic mass is 10.1. The number of rotatable bonds is 4. The molecule has 1 heterocycles. The van der Waals surface area contributed by atoms with E-state index in [1.54, 1.807) is 0 Å². The fraction of sp³-hybridized carbons (Fsp3) is 0.333. The van der Waals surface area contributed by atoms with Crippen molar-refractivity contribution in [1.29, 1.82) is 0 Å². The van der Waals surface area contributed by atoms with Gasteiger partial charge in [-0.15, -0.1) is 11.3 Å². The minimum atomic E-state index is -0.552. The molecule has 0 saturated heterocycles. The Labute approximate surface area is 154 Å². The first-order valence-corrected chi connectivity index (χ1v) is 9.11. The van der Waals surface area contributed by atoms with Gasteiger partial charge in [-0.3, -0.25) is 14.9 Å². The number of thiophene rings is 1. The van der Waals surface area contributed by atoms with Gasteiger partial charge in [-0.1, -0.05) is 12.5 Å². The van der Waals surface area contributed by atoms with Gasteiger partial charge in [0.15, 0.2) is 0 Å². The van der Waals surface area contributed by atoms with Crippen molar-refractivity contribution in [2.24, 2.45) is 0 Å². The number of methoxy groups -OCH3 is 1. The monoisotopic (exact) mass is 374 g/mol. The van der Waals surface area contributed by atoms with E-state index in [1.165, 1.54) is 42.7 Å². The number of anilines is 1. The van der Waals surface area contributed by atoms with E-state index in [-0.39, 0.29) is 11.3 Å². The molecule has 1 aliphatic rings. The van der Waals surface area contributed by atoms with Crippen LogP contribution < -0.4 is 5.32 Å². The van der Waals surface area contributed by atoms with Crippen LogP contribution in [0.2, 0.25) is 0 Å². The molecule has 0 spiro atoms. The number of nitro benzene ring substituents is 1. The average molecular weight is 374 g/mol. The Hall–Kier alpha value is -2.74. The number of non-ortho nitro benzene ring substituents is 1. The van der Waals surface area contributed by atoms with E-state index in [4.69, 9.17) is 4.74 Å². The van der Waals surface area contributed by atoms with E-state index in [2.05, 4.69) is 5.32 Å². The van der Waals surface area contributed by atoms with Crippen LogP contribution in [0.5, 0.6) is 0 Å². The number of carbonyl (C=O) groups excluding carboxylic acids is 2. The number of aryl methyl sites for hydroxylation is 1. The molecule has 0 aliphatic heterocycles. The summed E-state index contributed by atoms with van der Waals surface area (Å²) in [6, 6.07) is 5.49. The molecular weight excluding hydrogens is 356 g/mol. The van der Waals surface area contributed by atoms with Crippen molar-refractivity contribution in [3.8, 4) is 0 Å². The van der Waals surface area contributed by atoms with Gasteiger partial charge in [0.25, 0.3) is 11.6 Å². The third kappa shape index (κ3) is 3.60. The van der Waals surface area contributed by atoms with E-state index in [1.807, 2.05) is 0 Å². The van der Waals surface area contributed by atoms with Crippen molar-refractivity contribution < 1.29 is 19.2 Å². The highest BCUT2D eigenvalue weighted by molar-refractivity contribution is 7.17. The molecule has 1 aliphatic carbocycles. The third-order valence-corrected chi connectivity index (χ3v) is 5.56. The first kappa shape index (κ1) is 18.1. The maximum Gasteiger partial charge on any atom is 0.341 e. The van der Waals surface area contributed by atoms with Crippen LogP contribution in [-0.4, -0.2) is 23.9 Å². The first-order chi connectivity index (χ1) is 12.5. The number of nitrogens with one attached hydrogen (secondary N) is 1. The zero-order valence-corrected chi connectivity index (χ0v) is 15.1. The van der Waals surface area contributed by atoms with Crippen LogP contribution in [0.4, 0.5) is 10.7 Å². The van der Waals surface area contributed by atoms with Crippen molar-refractivity contribution in [2.45, 2.75) is 32.1 Å². The first-order valence-electron chi connectivity index (χ1n) is 8.30. The predicted octanol–water partition coefficient (Wildman–Crippen LogP) is 3.96. The van der Waals surface area contributed by atoms with Crippen molar-refractivity contribution in [3.63, 3.8) is 0 Å². The van der Waals surface area contributed by atoms with Crippen LogP contribution >= 0.6 is 11.3 Å². The van der Waals surface area contributed by atoms with Gasteiger partial charge in [-0.05, 0) is 37.3 Å². The zero-order chi connectivity index (χ0) is 18.7. The quantitative estimate of drug-likeness (QED) is 0.378. The number of benzene rings is 1. The second kappa shape index (κ2) is 7.65. The molecule has 136 valence electrons. The SMILES string of the molecule is COC(=O)c1c(NC(=O)c2cccc([N+](=O)[O-])c2)sc2c1CCCCC2. The molecule has 0 bridgehead atoms. The minimum Gasteiger partial charge on any atom is -0.465 e. The van der Waals surface area contributed by atoms with Crippen LogP contribution in [0.15, 0.2) is 24.3 Å². The van der Waals surface area contributed by atoms with E-state index < -0.39 is 16.8 Å². The Kier molecular flexibility index (Phi) is 5.32. The van der Waals surface area contributed by atoms with E-state index in [0.717, 1.165) is 42.5 Å². The van der Waals surface area contributed by atoms with Crippen LogP contribution in [0, 0.1) is 10.1 Å². The number of ether oxygens (including phenoxy) is 1. The summed E-state index contributed by atoms with van der Waals surface area (Å²) in [4.78, 5) is 36.3. The second-order valence-corrected chi connectivity index (χ2v) is 7.13. The van der Waals surface area contributed by atoms with Crippen molar-refractivity contribution in [1.82, 2.24) is 0 Å². The fourth-order valence-corrected chi connectivity index (χ4v) is 4.36. The van der Waals surface area contributed by atoms with E-state index in [9.17, 15) is 19.7 Å². The zero-order valence-electron chi connectivity index (χ0n) is 14.2. The minimum absolute atomic E-state index is 0.159. The van der Waals surface area contributed by atoms with Gasteiger partial charge in [0.1, 0.15) is 5.00 Å². The number of hydrogen-bond acceptors (Lipinski definition) is 6. The van der Waals surface area contributed by atoms with Crippen molar-refractivity contribution in [3.05, 3.63) is 55.9 Å². The summed E-state index contributed by atoms with van der Waals surface area (Å²) < 4.78 is 4.91. The Morgan fingerprint density at radius 1 is 1.23 bits per heavy atom. The van der Waals surface area contributed by atoms with Gasteiger partial charge in [0.05, 0.1) is 17.6 Å². The highest BCUT2D eigenvalue weighted by Gasteiger charge is 2.26. The average Bonchev–Trinajstić information content (AvgIpc) is 2.81. The summed E-state index contributed by atoms with van der Waals surface area (Å²) in [5, 5.41) is 14.1. The highest BCUT2D eigenvalue weighted by Crippen LogP contribution is 2.38. The smallest absolute Gasteiger partial charge is 0.341 e. The van der Waals surface area contributed by atoms with Gasteiger partial charge in [0, 0.05) is 22.6 Å². The number of carbonyl (C=O) groups is 2. The number of fused-ring (bicyclic) bond motifs is 1. The van der Waals surface area contributed by atoms with Gasteiger partial charge < -0.3 is 10.1 Å². The van der Waals surface area contributed by atoms with Crippen molar-refractivity contribution in [2.75, 3.05) is 12.4 Å². The molecule has 1 amide bonds. The number of esters is 1. The summed E-state index contributed by atoms with van der Waals surface area (Å²) in [6.45, 7) is 0. The summed E-state index contributed by atoms with van der Waals surface area (Å²) in [6.07, 6.45) is 4.80.